The number of aromatic nitrogens is 1. The molecule has 2 fully saturated rings. The highest BCUT2D eigenvalue weighted by Gasteiger charge is 2.64. The van der Waals surface area contributed by atoms with Crippen LogP contribution in [0.25, 0.3) is 5.57 Å². The molecule has 2 N–H and O–H groups in total. The van der Waals surface area contributed by atoms with Crippen molar-refractivity contribution in [1.29, 1.82) is 0 Å². The van der Waals surface area contributed by atoms with Crippen LogP contribution in [-0.2, 0) is 15.2 Å². The summed E-state index contributed by atoms with van der Waals surface area (Å²) in [5.41, 5.74) is 4.30. The molecule has 1 saturated heterocycles. The minimum Gasteiger partial charge on any atom is -0.375 e. The molecule has 3 aromatic carbocycles. The van der Waals surface area contributed by atoms with Crippen LogP contribution in [0.1, 0.15) is 22.4 Å². The number of hydrogen-bond donors (Lipinski definition) is 2. The molecule has 0 radical (unpaired) electrons. The Kier molecular flexibility index (Phi) is 5.42. The van der Waals surface area contributed by atoms with Crippen molar-refractivity contribution in [2.45, 2.75) is 5.60 Å². The zero-order valence-corrected chi connectivity index (χ0v) is 21.1. The fourth-order valence-corrected chi connectivity index (χ4v) is 6.90. The van der Waals surface area contributed by atoms with Crippen molar-refractivity contribution in [1.82, 2.24) is 10.3 Å². The van der Waals surface area contributed by atoms with Gasteiger partial charge in [0.1, 0.15) is 0 Å². The third kappa shape index (κ3) is 3.47. The molecular formula is C34H26N2O3. The first kappa shape index (κ1) is 23.5. The summed E-state index contributed by atoms with van der Waals surface area (Å²) in [4.78, 5) is 31.1. The Hall–Kier alpha value is -4.61. The lowest BCUT2D eigenvalue weighted by molar-refractivity contribution is -0.126. The molecule has 39 heavy (non-hydrogen) atoms. The summed E-state index contributed by atoms with van der Waals surface area (Å²) in [5.74, 6) is -2.44. The fraction of sp³-hybridized carbons (Fsp3) is 0.147. The van der Waals surface area contributed by atoms with Crippen LogP contribution < -0.4 is 5.32 Å². The van der Waals surface area contributed by atoms with Crippen LogP contribution in [0.4, 0.5) is 0 Å². The van der Waals surface area contributed by atoms with E-state index in [-0.39, 0.29) is 17.7 Å². The Morgan fingerprint density at radius 1 is 0.718 bits per heavy atom. The number of carbonyl (C=O) groups is 2. The van der Waals surface area contributed by atoms with Crippen LogP contribution in [0.2, 0.25) is 0 Å². The molecule has 1 saturated carbocycles. The summed E-state index contributed by atoms with van der Waals surface area (Å²) in [6.45, 7) is 0. The Morgan fingerprint density at radius 3 is 1.87 bits per heavy atom. The molecule has 1 aromatic heterocycles. The molecule has 2 heterocycles. The summed E-state index contributed by atoms with van der Waals surface area (Å²) in [6, 6.07) is 35.1. The number of nitrogens with one attached hydrogen (secondary N) is 1. The van der Waals surface area contributed by atoms with Gasteiger partial charge in [0.05, 0.1) is 17.5 Å². The number of carbonyl (C=O) groups excluding carboxylic acids is 2. The first-order chi connectivity index (χ1) is 19.1. The maximum absolute atomic E-state index is 13.4. The second-order valence-corrected chi connectivity index (χ2v) is 10.4. The average molecular weight is 511 g/mol. The maximum Gasteiger partial charge on any atom is 0.231 e. The lowest BCUT2D eigenvalue weighted by atomic mass is 9.71. The van der Waals surface area contributed by atoms with Gasteiger partial charge in [0, 0.05) is 18.0 Å². The van der Waals surface area contributed by atoms with Crippen molar-refractivity contribution in [3.05, 3.63) is 155 Å². The Balaban J connectivity index is 1.53. The van der Waals surface area contributed by atoms with Gasteiger partial charge in [-0.25, -0.2) is 0 Å². The van der Waals surface area contributed by atoms with E-state index < -0.39 is 23.4 Å². The van der Waals surface area contributed by atoms with E-state index in [0.717, 1.165) is 22.3 Å². The monoisotopic (exact) mass is 510 g/mol. The molecule has 190 valence electrons. The van der Waals surface area contributed by atoms with Crippen LogP contribution in [-0.4, -0.2) is 21.9 Å². The molecule has 2 amide bonds. The van der Waals surface area contributed by atoms with Gasteiger partial charge in [0.25, 0.3) is 0 Å². The quantitative estimate of drug-likeness (QED) is 0.296. The average Bonchev–Trinajstić information content (AvgIpc) is 3.63. The second kappa shape index (κ2) is 9.00. The number of amides is 2. The van der Waals surface area contributed by atoms with Gasteiger partial charge in [-0.15, -0.1) is 0 Å². The zero-order chi connectivity index (χ0) is 26.6. The molecule has 5 atom stereocenters. The number of aliphatic hydroxyl groups is 1. The van der Waals surface area contributed by atoms with Crippen molar-refractivity contribution in [2.24, 2.45) is 23.7 Å². The summed E-state index contributed by atoms with van der Waals surface area (Å²) in [7, 11) is 0. The molecule has 7 rings (SSSR count). The van der Waals surface area contributed by atoms with Crippen molar-refractivity contribution in [3.63, 3.8) is 0 Å². The molecular weight excluding hydrogens is 484 g/mol. The van der Waals surface area contributed by atoms with E-state index in [1.165, 1.54) is 0 Å². The molecule has 5 nitrogen and oxygen atoms in total. The molecule has 0 spiro atoms. The topological polar surface area (TPSA) is 79.3 Å². The SMILES string of the molecule is O=C1NC(=O)[C@@H]2[C@H]1[C@@H]1C(C(O)(c3ccccc3)c3ccccn3)=C[C@H]2C1=C(c1ccccc1)c1ccccc1. The highest BCUT2D eigenvalue weighted by molar-refractivity contribution is 6.08. The van der Waals surface area contributed by atoms with E-state index in [1.54, 1.807) is 6.20 Å². The predicted octanol–water partition coefficient (Wildman–Crippen LogP) is 4.89. The van der Waals surface area contributed by atoms with Crippen molar-refractivity contribution in [3.8, 4) is 0 Å². The first-order valence-corrected chi connectivity index (χ1v) is 13.2. The highest BCUT2D eigenvalue weighted by atomic mass is 16.3. The van der Waals surface area contributed by atoms with Gasteiger partial charge in [0.15, 0.2) is 5.60 Å². The van der Waals surface area contributed by atoms with Gasteiger partial charge in [-0.2, -0.15) is 0 Å². The predicted molar refractivity (Wildman–Crippen MR) is 148 cm³/mol. The van der Waals surface area contributed by atoms with E-state index in [0.29, 0.717) is 16.8 Å². The Labute approximate surface area is 226 Å². The number of pyridine rings is 1. The van der Waals surface area contributed by atoms with E-state index >= 15 is 0 Å². The van der Waals surface area contributed by atoms with Crippen LogP contribution in [0.5, 0.6) is 0 Å². The largest absolute Gasteiger partial charge is 0.375 e. The van der Waals surface area contributed by atoms with Crippen molar-refractivity contribution < 1.29 is 14.7 Å². The smallest absolute Gasteiger partial charge is 0.231 e. The summed E-state index contributed by atoms with van der Waals surface area (Å²) in [6.07, 6.45) is 3.70. The third-order valence-corrected chi connectivity index (χ3v) is 8.43. The van der Waals surface area contributed by atoms with Crippen molar-refractivity contribution >= 4 is 17.4 Å². The van der Waals surface area contributed by atoms with Crippen LogP contribution in [0.15, 0.2) is 133 Å². The summed E-state index contributed by atoms with van der Waals surface area (Å²) < 4.78 is 0. The van der Waals surface area contributed by atoms with Gasteiger partial charge < -0.3 is 5.11 Å². The molecule has 1 unspecified atom stereocenters. The Morgan fingerprint density at radius 2 is 1.28 bits per heavy atom. The lowest BCUT2D eigenvalue weighted by Gasteiger charge is -2.36. The molecule has 1 aliphatic heterocycles. The van der Waals surface area contributed by atoms with E-state index in [2.05, 4.69) is 34.6 Å². The normalized spacial score (nSPS) is 24.6. The highest BCUT2D eigenvalue weighted by Crippen LogP contribution is 2.63. The van der Waals surface area contributed by atoms with Crippen molar-refractivity contribution in [2.75, 3.05) is 0 Å². The van der Waals surface area contributed by atoms with Gasteiger partial charge in [-0.3, -0.25) is 19.9 Å². The zero-order valence-electron chi connectivity index (χ0n) is 21.1. The molecule has 2 bridgehead atoms. The number of allylic oxidation sites excluding steroid dienone is 2. The summed E-state index contributed by atoms with van der Waals surface area (Å²) in [5, 5.41) is 15.3. The van der Waals surface area contributed by atoms with Crippen LogP contribution >= 0.6 is 0 Å². The third-order valence-electron chi connectivity index (χ3n) is 8.43. The van der Waals surface area contributed by atoms with Gasteiger partial charge >= 0.3 is 0 Å². The number of fused-ring (bicyclic) bond motifs is 5. The maximum atomic E-state index is 13.4. The van der Waals surface area contributed by atoms with E-state index in [1.807, 2.05) is 91.0 Å². The minimum absolute atomic E-state index is 0.244. The van der Waals surface area contributed by atoms with E-state index in [4.69, 9.17) is 0 Å². The number of rotatable bonds is 5. The number of hydrogen-bond acceptors (Lipinski definition) is 4. The molecule has 5 heteroatoms. The molecule has 3 aliphatic rings. The molecule has 4 aromatic rings. The first-order valence-electron chi connectivity index (χ1n) is 13.2. The van der Waals surface area contributed by atoms with Gasteiger partial charge in [-0.05, 0) is 45.5 Å². The number of imide groups is 1. The summed E-state index contributed by atoms with van der Waals surface area (Å²) >= 11 is 0. The van der Waals surface area contributed by atoms with Crippen LogP contribution in [0.3, 0.4) is 0 Å². The van der Waals surface area contributed by atoms with Crippen LogP contribution in [0, 0.1) is 23.7 Å². The number of benzene rings is 3. The van der Waals surface area contributed by atoms with Gasteiger partial charge in [-0.1, -0.05) is 103 Å². The van der Waals surface area contributed by atoms with E-state index in [9.17, 15) is 14.7 Å². The fourth-order valence-electron chi connectivity index (χ4n) is 6.90. The lowest BCUT2D eigenvalue weighted by Crippen LogP contribution is -2.38. The minimum atomic E-state index is -1.58. The number of nitrogens with zero attached hydrogens (tertiary/aromatic N) is 1. The van der Waals surface area contributed by atoms with Gasteiger partial charge in [0.2, 0.25) is 11.8 Å². The Bertz CT molecular complexity index is 1550. The molecule has 2 aliphatic carbocycles. The second-order valence-electron chi connectivity index (χ2n) is 10.4. The standard InChI is InChI=1S/C34H26N2O3/c37-32-29-24-20-25(34(39,23-16-8-3-9-17-23)26-18-10-11-19-35-26)30(31(29)33(38)36-32)28(24)27(21-12-4-1-5-13-21)22-14-6-2-7-15-22/h1-20,24,29-31,39H,(H,36,37,38)/t24-,29-,30+,31-,34?/m0/s1.